The Morgan fingerprint density at radius 1 is 1.29 bits per heavy atom. The Bertz CT molecular complexity index is 450. The van der Waals surface area contributed by atoms with Crippen LogP contribution in [0.15, 0.2) is 30.5 Å². The Morgan fingerprint density at radius 3 is 2.88 bits per heavy atom. The van der Waals surface area contributed by atoms with E-state index in [-0.39, 0.29) is 12.4 Å². The highest BCUT2D eigenvalue weighted by Gasteiger charge is 2.03. The van der Waals surface area contributed by atoms with Gasteiger partial charge in [-0.05, 0) is 30.4 Å². The minimum atomic E-state index is 0. The molecule has 1 aromatic carbocycles. The van der Waals surface area contributed by atoms with Gasteiger partial charge < -0.3 is 10.3 Å². The van der Waals surface area contributed by atoms with Crippen LogP contribution in [-0.4, -0.2) is 11.0 Å². The summed E-state index contributed by atoms with van der Waals surface area (Å²) < 4.78 is 0. The number of fused-ring (bicyclic) bond motifs is 1. The summed E-state index contributed by atoms with van der Waals surface area (Å²) in [7, 11) is 0. The molecule has 2 nitrogen and oxygen atoms in total. The van der Waals surface area contributed by atoms with Gasteiger partial charge in [0.15, 0.2) is 0 Å². The Morgan fingerprint density at radius 2 is 2.12 bits per heavy atom. The van der Waals surface area contributed by atoms with Crippen molar-refractivity contribution in [3.05, 3.63) is 36.0 Å². The maximum Gasteiger partial charge on any atom is 0.0499 e. The van der Waals surface area contributed by atoms with E-state index in [0.29, 0.717) is 6.04 Å². The van der Waals surface area contributed by atoms with Gasteiger partial charge >= 0.3 is 0 Å². The number of aromatic nitrogens is 1. The standard InChI is InChI=1S/C14H20N2.ClH/c1-3-5-11(2)16-10-13-7-4-6-12-8-9-15-14(12)13;/h4,6-9,11,15-16H,3,5,10H2,1-2H3;1H. The van der Waals surface area contributed by atoms with Gasteiger partial charge in [-0.2, -0.15) is 0 Å². The molecule has 2 aromatic rings. The molecule has 1 aromatic heterocycles. The van der Waals surface area contributed by atoms with Crippen LogP contribution in [0.1, 0.15) is 32.3 Å². The molecule has 0 saturated carbocycles. The molecule has 1 unspecified atom stereocenters. The summed E-state index contributed by atoms with van der Waals surface area (Å²) >= 11 is 0. The fourth-order valence-corrected chi connectivity index (χ4v) is 2.12. The molecule has 1 heterocycles. The molecular formula is C14H21ClN2. The van der Waals surface area contributed by atoms with Crippen molar-refractivity contribution in [3.63, 3.8) is 0 Å². The van der Waals surface area contributed by atoms with Crippen molar-refractivity contribution in [1.82, 2.24) is 10.3 Å². The summed E-state index contributed by atoms with van der Waals surface area (Å²) in [6.45, 7) is 5.42. The van der Waals surface area contributed by atoms with Gasteiger partial charge in [-0.1, -0.05) is 31.5 Å². The van der Waals surface area contributed by atoms with Crippen molar-refractivity contribution in [2.24, 2.45) is 0 Å². The van der Waals surface area contributed by atoms with E-state index in [1.165, 1.54) is 29.3 Å². The molecule has 0 bridgehead atoms. The van der Waals surface area contributed by atoms with Crippen LogP contribution in [0.4, 0.5) is 0 Å². The highest BCUT2D eigenvalue weighted by Crippen LogP contribution is 2.16. The first-order valence-corrected chi connectivity index (χ1v) is 6.09. The molecule has 94 valence electrons. The fourth-order valence-electron chi connectivity index (χ4n) is 2.12. The van der Waals surface area contributed by atoms with E-state index < -0.39 is 0 Å². The summed E-state index contributed by atoms with van der Waals surface area (Å²) in [6.07, 6.45) is 4.48. The number of benzene rings is 1. The Balaban J connectivity index is 0.00000144. The lowest BCUT2D eigenvalue weighted by atomic mass is 10.1. The van der Waals surface area contributed by atoms with E-state index in [2.05, 4.69) is 48.4 Å². The van der Waals surface area contributed by atoms with Crippen molar-refractivity contribution in [3.8, 4) is 0 Å². The third-order valence-corrected chi connectivity index (χ3v) is 3.04. The smallest absolute Gasteiger partial charge is 0.0499 e. The average molecular weight is 253 g/mol. The molecule has 1 atom stereocenters. The van der Waals surface area contributed by atoms with Crippen molar-refractivity contribution < 1.29 is 0 Å². The van der Waals surface area contributed by atoms with Crippen LogP contribution in [0, 0.1) is 0 Å². The number of rotatable bonds is 5. The molecule has 0 amide bonds. The van der Waals surface area contributed by atoms with Crippen molar-refractivity contribution in [2.75, 3.05) is 0 Å². The molecule has 0 aliphatic carbocycles. The van der Waals surface area contributed by atoms with Crippen LogP contribution < -0.4 is 5.32 Å². The van der Waals surface area contributed by atoms with Crippen LogP contribution >= 0.6 is 12.4 Å². The first kappa shape index (κ1) is 14.1. The predicted octanol–water partition coefficient (Wildman–Crippen LogP) is 3.87. The number of hydrogen-bond donors (Lipinski definition) is 2. The second-order valence-electron chi connectivity index (χ2n) is 4.43. The molecular weight excluding hydrogens is 232 g/mol. The highest BCUT2D eigenvalue weighted by molar-refractivity contribution is 5.85. The summed E-state index contributed by atoms with van der Waals surface area (Å²) in [5, 5.41) is 4.86. The van der Waals surface area contributed by atoms with Gasteiger partial charge in [-0.25, -0.2) is 0 Å². The van der Waals surface area contributed by atoms with Gasteiger partial charge in [0.1, 0.15) is 0 Å². The topological polar surface area (TPSA) is 27.8 Å². The highest BCUT2D eigenvalue weighted by atomic mass is 35.5. The number of halogens is 1. The maximum atomic E-state index is 3.56. The second kappa shape index (κ2) is 6.67. The normalized spacial score (nSPS) is 12.4. The molecule has 2 rings (SSSR count). The summed E-state index contributed by atoms with van der Waals surface area (Å²) in [6, 6.07) is 9.16. The Labute approximate surface area is 109 Å². The fraction of sp³-hybridized carbons (Fsp3) is 0.429. The van der Waals surface area contributed by atoms with Gasteiger partial charge in [-0.15, -0.1) is 12.4 Å². The predicted molar refractivity (Wildman–Crippen MR) is 76.8 cm³/mol. The van der Waals surface area contributed by atoms with Gasteiger partial charge in [0.05, 0.1) is 0 Å². The first-order valence-electron chi connectivity index (χ1n) is 6.09. The molecule has 0 fully saturated rings. The zero-order valence-corrected chi connectivity index (χ0v) is 11.3. The average Bonchev–Trinajstić information content (AvgIpc) is 2.75. The maximum absolute atomic E-state index is 3.56. The van der Waals surface area contributed by atoms with Gasteiger partial charge in [0.25, 0.3) is 0 Å². The number of para-hydroxylation sites is 1. The molecule has 0 aliphatic rings. The van der Waals surface area contributed by atoms with Crippen LogP contribution in [0.5, 0.6) is 0 Å². The number of nitrogens with one attached hydrogen (secondary N) is 2. The van der Waals surface area contributed by atoms with Crippen molar-refractivity contribution >= 4 is 23.3 Å². The van der Waals surface area contributed by atoms with Crippen LogP contribution in [0.3, 0.4) is 0 Å². The molecule has 0 aliphatic heterocycles. The third-order valence-electron chi connectivity index (χ3n) is 3.04. The minimum absolute atomic E-state index is 0. The Kier molecular flexibility index (Phi) is 5.52. The monoisotopic (exact) mass is 252 g/mol. The van der Waals surface area contributed by atoms with E-state index in [1.54, 1.807) is 0 Å². The van der Waals surface area contributed by atoms with E-state index in [1.807, 2.05) is 6.20 Å². The SMILES string of the molecule is CCCC(C)NCc1cccc2cc[nH]c12.Cl. The molecule has 2 N–H and O–H groups in total. The van der Waals surface area contributed by atoms with Crippen LogP contribution in [0.25, 0.3) is 10.9 Å². The zero-order chi connectivity index (χ0) is 11.4. The third kappa shape index (κ3) is 3.48. The number of hydrogen-bond acceptors (Lipinski definition) is 1. The number of H-pyrrole nitrogens is 1. The van der Waals surface area contributed by atoms with Gasteiger partial charge in [0, 0.05) is 24.3 Å². The molecule has 17 heavy (non-hydrogen) atoms. The van der Waals surface area contributed by atoms with Crippen molar-refractivity contribution in [1.29, 1.82) is 0 Å². The van der Waals surface area contributed by atoms with E-state index in [0.717, 1.165) is 6.54 Å². The molecule has 0 spiro atoms. The second-order valence-corrected chi connectivity index (χ2v) is 4.43. The van der Waals surface area contributed by atoms with Gasteiger partial charge in [0.2, 0.25) is 0 Å². The summed E-state index contributed by atoms with van der Waals surface area (Å²) in [5.74, 6) is 0. The van der Waals surface area contributed by atoms with Gasteiger partial charge in [-0.3, -0.25) is 0 Å². The largest absolute Gasteiger partial charge is 0.361 e. The van der Waals surface area contributed by atoms with E-state index >= 15 is 0 Å². The van der Waals surface area contributed by atoms with Crippen LogP contribution in [0.2, 0.25) is 0 Å². The summed E-state index contributed by atoms with van der Waals surface area (Å²) in [5.41, 5.74) is 2.61. The lowest BCUT2D eigenvalue weighted by molar-refractivity contribution is 0.509. The zero-order valence-electron chi connectivity index (χ0n) is 10.5. The first-order chi connectivity index (χ1) is 7.81. The van der Waals surface area contributed by atoms with E-state index in [9.17, 15) is 0 Å². The quantitative estimate of drug-likeness (QED) is 0.831. The van der Waals surface area contributed by atoms with E-state index in [4.69, 9.17) is 0 Å². The van der Waals surface area contributed by atoms with Crippen molar-refractivity contribution in [2.45, 2.75) is 39.3 Å². The molecule has 0 radical (unpaired) electrons. The lowest BCUT2D eigenvalue weighted by Crippen LogP contribution is -2.25. The minimum Gasteiger partial charge on any atom is -0.361 e. The summed E-state index contributed by atoms with van der Waals surface area (Å²) in [4.78, 5) is 3.30. The Hall–Kier alpha value is -0.990. The van der Waals surface area contributed by atoms with Crippen LogP contribution in [-0.2, 0) is 6.54 Å². The lowest BCUT2D eigenvalue weighted by Gasteiger charge is -2.13. The number of aromatic amines is 1. The molecule has 3 heteroatoms. The molecule has 0 saturated heterocycles.